The summed E-state index contributed by atoms with van der Waals surface area (Å²) < 4.78 is 0. The molecule has 18 heavy (non-hydrogen) atoms. The van der Waals surface area contributed by atoms with Gasteiger partial charge in [0.15, 0.2) is 0 Å². The van der Waals surface area contributed by atoms with Gasteiger partial charge in [0.05, 0.1) is 0 Å². The summed E-state index contributed by atoms with van der Waals surface area (Å²) in [5.41, 5.74) is 2.51. The smallest absolute Gasteiger partial charge is 0.0456 e. The van der Waals surface area contributed by atoms with E-state index in [0.717, 1.165) is 17.5 Å². The highest BCUT2D eigenvalue weighted by atomic mass is 35.5. The normalized spacial score (nSPS) is 16.8. The van der Waals surface area contributed by atoms with Crippen molar-refractivity contribution >= 4 is 11.6 Å². The van der Waals surface area contributed by atoms with E-state index in [4.69, 9.17) is 11.6 Å². The predicted octanol–water partition coefficient (Wildman–Crippen LogP) is 4.88. The first-order chi connectivity index (χ1) is 8.70. The van der Waals surface area contributed by atoms with Crippen molar-refractivity contribution in [2.75, 3.05) is 6.54 Å². The van der Waals surface area contributed by atoms with Crippen molar-refractivity contribution < 1.29 is 0 Å². The van der Waals surface area contributed by atoms with Crippen LogP contribution in [0.3, 0.4) is 0 Å². The fourth-order valence-corrected chi connectivity index (χ4v) is 2.78. The highest BCUT2D eigenvalue weighted by molar-refractivity contribution is 6.31. The minimum atomic E-state index is 0.429. The van der Waals surface area contributed by atoms with Gasteiger partial charge in [-0.15, -0.1) is 0 Å². The Bertz CT molecular complexity index is 385. The average Bonchev–Trinajstić information content (AvgIpc) is 3.14. The molecule has 0 spiro atoms. The van der Waals surface area contributed by atoms with E-state index in [-0.39, 0.29) is 0 Å². The molecular weight excluding hydrogens is 242 g/mol. The van der Waals surface area contributed by atoms with Crippen LogP contribution >= 0.6 is 11.6 Å². The number of halogens is 1. The molecule has 1 aromatic carbocycles. The Morgan fingerprint density at radius 2 is 2.17 bits per heavy atom. The van der Waals surface area contributed by atoms with Crippen molar-refractivity contribution in [3.05, 3.63) is 34.3 Å². The molecule has 1 fully saturated rings. The van der Waals surface area contributed by atoms with Gasteiger partial charge >= 0.3 is 0 Å². The highest BCUT2D eigenvalue weighted by Gasteiger charge is 2.23. The van der Waals surface area contributed by atoms with Gasteiger partial charge in [0.2, 0.25) is 0 Å². The summed E-state index contributed by atoms with van der Waals surface area (Å²) in [6.45, 7) is 5.37. The number of benzene rings is 1. The molecule has 0 aliphatic heterocycles. The first-order valence-electron chi connectivity index (χ1n) is 7.20. The van der Waals surface area contributed by atoms with Crippen LogP contribution in [0, 0.1) is 12.8 Å². The largest absolute Gasteiger partial charge is 0.310 e. The third-order valence-corrected chi connectivity index (χ3v) is 4.06. The molecular formula is C16H24ClN. The Morgan fingerprint density at radius 3 is 2.78 bits per heavy atom. The van der Waals surface area contributed by atoms with E-state index in [0.29, 0.717) is 6.04 Å². The molecule has 0 bridgehead atoms. The molecule has 0 amide bonds. The summed E-state index contributed by atoms with van der Waals surface area (Å²) in [6.07, 6.45) is 6.59. The van der Waals surface area contributed by atoms with Crippen molar-refractivity contribution in [1.82, 2.24) is 5.32 Å². The molecule has 2 rings (SSSR count). The van der Waals surface area contributed by atoms with E-state index in [1.54, 1.807) is 0 Å². The van der Waals surface area contributed by atoms with Gasteiger partial charge in [0.25, 0.3) is 0 Å². The highest BCUT2D eigenvalue weighted by Crippen LogP contribution is 2.37. The summed E-state index contributed by atoms with van der Waals surface area (Å²) >= 11 is 6.39. The molecule has 1 N–H and O–H groups in total. The lowest BCUT2D eigenvalue weighted by Gasteiger charge is -2.20. The maximum Gasteiger partial charge on any atom is 0.0456 e. The first-order valence-corrected chi connectivity index (χ1v) is 7.58. The quantitative estimate of drug-likeness (QED) is 0.741. The van der Waals surface area contributed by atoms with Crippen molar-refractivity contribution in [2.45, 2.75) is 52.0 Å². The van der Waals surface area contributed by atoms with E-state index in [1.165, 1.54) is 43.2 Å². The van der Waals surface area contributed by atoms with E-state index < -0.39 is 0 Å². The van der Waals surface area contributed by atoms with Crippen molar-refractivity contribution in [3.8, 4) is 0 Å². The first kappa shape index (κ1) is 13.9. The zero-order chi connectivity index (χ0) is 13.0. The molecule has 0 heterocycles. The van der Waals surface area contributed by atoms with Gasteiger partial charge in [-0.05, 0) is 55.8 Å². The van der Waals surface area contributed by atoms with Crippen molar-refractivity contribution in [3.63, 3.8) is 0 Å². The van der Waals surface area contributed by atoms with E-state index in [9.17, 15) is 0 Å². The molecule has 1 atom stereocenters. The van der Waals surface area contributed by atoms with Crippen LogP contribution in [0.1, 0.15) is 56.2 Å². The van der Waals surface area contributed by atoms with Gasteiger partial charge in [-0.1, -0.05) is 43.5 Å². The van der Waals surface area contributed by atoms with Gasteiger partial charge in [0, 0.05) is 11.1 Å². The SMILES string of the molecule is CCCNC(CCC1CC1)c1ccc(C)cc1Cl. The number of nitrogens with one attached hydrogen (secondary N) is 1. The minimum absolute atomic E-state index is 0.429. The second-order valence-corrected chi connectivity index (χ2v) is 5.96. The molecule has 1 aliphatic rings. The lowest BCUT2D eigenvalue weighted by molar-refractivity contribution is 0.470. The fourth-order valence-electron chi connectivity index (χ4n) is 2.41. The Morgan fingerprint density at radius 1 is 1.39 bits per heavy atom. The minimum Gasteiger partial charge on any atom is -0.310 e. The van der Waals surface area contributed by atoms with Crippen molar-refractivity contribution in [2.24, 2.45) is 5.92 Å². The van der Waals surface area contributed by atoms with E-state index in [1.807, 2.05) is 0 Å². The van der Waals surface area contributed by atoms with Crippen LogP contribution in [0.2, 0.25) is 5.02 Å². The number of hydrogen-bond donors (Lipinski definition) is 1. The molecule has 2 heteroatoms. The summed E-state index contributed by atoms with van der Waals surface area (Å²) in [5.74, 6) is 0.986. The fraction of sp³-hybridized carbons (Fsp3) is 0.625. The molecule has 1 aliphatic carbocycles. The molecule has 100 valence electrons. The maximum absolute atomic E-state index is 6.39. The molecule has 0 aromatic heterocycles. The lowest BCUT2D eigenvalue weighted by Crippen LogP contribution is -2.22. The van der Waals surface area contributed by atoms with Gasteiger partial charge in [-0.3, -0.25) is 0 Å². The third-order valence-electron chi connectivity index (χ3n) is 3.73. The van der Waals surface area contributed by atoms with Gasteiger partial charge in [-0.25, -0.2) is 0 Å². The van der Waals surface area contributed by atoms with Crippen LogP contribution in [0.5, 0.6) is 0 Å². The third kappa shape index (κ3) is 4.00. The van der Waals surface area contributed by atoms with E-state index >= 15 is 0 Å². The van der Waals surface area contributed by atoms with Crippen LogP contribution in [0.25, 0.3) is 0 Å². The van der Waals surface area contributed by atoms with Gasteiger partial charge in [0.1, 0.15) is 0 Å². The van der Waals surface area contributed by atoms with E-state index in [2.05, 4.69) is 37.4 Å². The summed E-state index contributed by atoms with van der Waals surface area (Å²) in [6, 6.07) is 6.87. The Kier molecular flexibility index (Phi) is 5.08. The molecule has 1 nitrogen and oxygen atoms in total. The average molecular weight is 266 g/mol. The summed E-state index contributed by atoms with van der Waals surface area (Å²) in [7, 11) is 0. The predicted molar refractivity (Wildman–Crippen MR) is 79.2 cm³/mol. The van der Waals surface area contributed by atoms with Crippen LogP contribution in [0.4, 0.5) is 0 Å². The summed E-state index contributed by atoms with van der Waals surface area (Å²) in [5, 5.41) is 4.56. The second kappa shape index (κ2) is 6.58. The summed E-state index contributed by atoms with van der Waals surface area (Å²) in [4.78, 5) is 0. The molecule has 1 saturated carbocycles. The van der Waals surface area contributed by atoms with Crippen molar-refractivity contribution in [1.29, 1.82) is 0 Å². The second-order valence-electron chi connectivity index (χ2n) is 5.55. The number of rotatable bonds is 7. The van der Waals surface area contributed by atoms with Gasteiger partial charge in [-0.2, -0.15) is 0 Å². The number of hydrogen-bond acceptors (Lipinski definition) is 1. The monoisotopic (exact) mass is 265 g/mol. The Hall–Kier alpha value is -0.530. The number of aryl methyl sites for hydroxylation is 1. The van der Waals surface area contributed by atoms with Crippen LogP contribution < -0.4 is 5.32 Å². The molecule has 0 radical (unpaired) electrons. The topological polar surface area (TPSA) is 12.0 Å². The lowest BCUT2D eigenvalue weighted by atomic mass is 9.99. The van der Waals surface area contributed by atoms with Crippen LogP contribution in [-0.2, 0) is 0 Å². The Labute approximate surface area is 116 Å². The standard InChI is InChI=1S/C16H24ClN/c1-3-10-18-16(9-7-13-5-6-13)14-8-4-12(2)11-15(14)17/h4,8,11,13,16,18H,3,5-7,9-10H2,1-2H3. The Balaban J connectivity index is 2.04. The molecule has 1 unspecified atom stereocenters. The molecule has 1 aromatic rings. The van der Waals surface area contributed by atoms with Gasteiger partial charge < -0.3 is 5.32 Å². The van der Waals surface area contributed by atoms with Crippen LogP contribution in [0.15, 0.2) is 18.2 Å². The maximum atomic E-state index is 6.39. The van der Waals surface area contributed by atoms with Crippen LogP contribution in [-0.4, -0.2) is 6.54 Å². The zero-order valence-corrected chi connectivity index (χ0v) is 12.3. The zero-order valence-electron chi connectivity index (χ0n) is 11.5. The molecule has 0 saturated heterocycles.